The van der Waals surface area contributed by atoms with Gasteiger partial charge in [0.15, 0.2) is 6.10 Å². The molecule has 2 atom stereocenters. The zero-order valence-electron chi connectivity index (χ0n) is 15.0. The fourth-order valence-electron chi connectivity index (χ4n) is 3.26. The number of hydrogen-bond acceptors (Lipinski definition) is 2. The summed E-state index contributed by atoms with van der Waals surface area (Å²) in [6.45, 7) is 2.03. The van der Waals surface area contributed by atoms with E-state index in [4.69, 9.17) is 4.74 Å². The van der Waals surface area contributed by atoms with Crippen molar-refractivity contribution in [2.75, 3.05) is 0 Å². The minimum Gasteiger partial charge on any atom is -0.439 e. The van der Waals surface area contributed by atoms with Crippen LogP contribution in [0.25, 0.3) is 0 Å². The average molecular weight is 353 g/mol. The molecule has 132 valence electrons. The molecule has 0 saturated carbocycles. The van der Waals surface area contributed by atoms with E-state index in [9.17, 15) is 4.79 Å². The highest BCUT2D eigenvalue weighted by molar-refractivity contribution is 5.71. The lowest BCUT2D eigenvalue weighted by Crippen LogP contribution is -2.19. The van der Waals surface area contributed by atoms with Crippen molar-refractivity contribution in [2.24, 2.45) is 0 Å². The molecule has 0 aliphatic carbocycles. The van der Waals surface area contributed by atoms with Crippen LogP contribution >= 0.6 is 0 Å². The van der Waals surface area contributed by atoms with Gasteiger partial charge in [0.2, 0.25) is 0 Å². The molecule has 3 aromatic carbocycles. The van der Waals surface area contributed by atoms with E-state index in [0.717, 1.165) is 27.8 Å². The van der Waals surface area contributed by atoms with Crippen LogP contribution in [0, 0.1) is 18.8 Å². The molecule has 3 heteroatoms. The molecule has 1 heterocycles. The molecule has 3 aromatic rings. The first-order valence-electron chi connectivity index (χ1n) is 8.90. The zero-order valence-corrected chi connectivity index (χ0v) is 15.0. The van der Waals surface area contributed by atoms with E-state index in [2.05, 4.69) is 23.2 Å². The summed E-state index contributed by atoms with van der Waals surface area (Å²) < 4.78 is 5.55. The molecule has 27 heavy (non-hydrogen) atoms. The fraction of sp³-hybridized carbons (Fsp3) is 0.125. The van der Waals surface area contributed by atoms with Gasteiger partial charge in [0.25, 0.3) is 0 Å². The van der Waals surface area contributed by atoms with Crippen LogP contribution in [0.3, 0.4) is 0 Å². The Morgan fingerprint density at radius 2 is 1.52 bits per heavy atom. The van der Waals surface area contributed by atoms with Gasteiger partial charge in [-0.2, -0.15) is 0 Å². The van der Waals surface area contributed by atoms with Crippen molar-refractivity contribution in [1.29, 1.82) is 0 Å². The second-order valence-electron chi connectivity index (χ2n) is 6.60. The van der Waals surface area contributed by atoms with E-state index in [1.807, 2.05) is 79.7 Å². The van der Waals surface area contributed by atoms with Gasteiger partial charge in [0.1, 0.15) is 0 Å². The number of ether oxygens (including phenoxy) is 1. The monoisotopic (exact) mass is 353 g/mol. The minimum absolute atomic E-state index is 0.238. The second-order valence-corrected chi connectivity index (χ2v) is 6.60. The molecule has 1 saturated heterocycles. The smallest absolute Gasteiger partial charge is 0.408 e. The lowest BCUT2D eigenvalue weighted by molar-refractivity contribution is 0.132. The number of cyclic esters (lactones) is 1. The predicted octanol–water partition coefficient (Wildman–Crippen LogP) is 4.92. The third kappa shape index (κ3) is 3.86. The third-order valence-corrected chi connectivity index (χ3v) is 4.55. The normalized spacial score (nSPS) is 18.2. The number of benzene rings is 3. The molecular formula is C24H19NO2. The van der Waals surface area contributed by atoms with E-state index in [1.165, 1.54) is 0 Å². The Kier molecular flexibility index (Phi) is 4.63. The molecule has 1 N–H and O–H groups in total. The van der Waals surface area contributed by atoms with Gasteiger partial charge < -0.3 is 10.1 Å². The van der Waals surface area contributed by atoms with Gasteiger partial charge in [-0.05, 0) is 42.3 Å². The molecule has 4 rings (SSSR count). The van der Waals surface area contributed by atoms with Crippen LogP contribution in [-0.2, 0) is 4.74 Å². The van der Waals surface area contributed by atoms with Crippen LogP contribution in [0.1, 0.15) is 40.0 Å². The summed E-state index contributed by atoms with van der Waals surface area (Å²) in [5.74, 6) is 6.37. The maximum Gasteiger partial charge on any atom is 0.408 e. The van der Waals surface area contributed by atoms with Crippen molar-refractivity contribution < 1.29 is 9.53 Å². The molecule has 1 fully saturated rings. The summed E-state index contributed by atoms with van der Waals surface area (Å²) in [6.07, 6.45) is -0.748. The molecule has 0 unspecified atom stereocenters. The maximum atomic E-state index is 11.9. The number of aryl methyl sites for hydroxylation is 1. The molecule has 0 radical (unpaired) electrons. The third-order valence-electron chi connectivity index (χ3n) is 4.55. The van der Waals surface area contributed by atoms with Crippen molar-refractivity contribution in [3.63, 3.8) is 0 Å². The van der Waals surface area contributed by atoms with E-state index in [1.54, 1.807) is 0 Å². The summed E-state index contributed by atoms with van der Waals surface area (Å²) in [6, 6.07) is 25.6. The van der Waals surface area contributed by atoms with Gasteiger partial charge in [-0.15, -0.1) is 0 Å². The van der Waals surface area contributed by atoms with Gasteiger partial charge in [-0.25, -0.2) is 4.79 Å². The average Bonchev–Trinajstić information content (AvgIpc) is 3.09. The SMILES string of the molecule is Cc1cccc([C@@H]2OC(=O)N[C@H]2c2cccc(C#Cc3ccccc3)c2)c1. The number of hydrogen-bond donors (Lipinski definition) is 1. The maximum absolute atomic E-state index is 11.9. The zero-order chi connectivity index (χ0) is 18.6. The molecule has 0 bridgehead atoms. The van der Waals surface area contributed by atoms with Crippen molar-refractivity contribution in [3.05, 3.63) is 107 Å². The van der Waals surface area contributed by atoms with Crippen molar-refractivity contribution in [3.8, 4) is 11.8 Å². The Bertz CT molecular complexity index is 1030. The highest BCUT2D eigenvalue weighted by atomic mass is 16.6. The number of carbonyl (C=O) groups is 1. The van der Waals surface area contributed by atoms with Crippen LogP contribution in [0.15, 0.2) is 78.9 Å². The number of alkyl carbamates (subject to hydrolysis) is 1. The van der Waals surface area contributed by atoms with Crippen LogP contribution in [0.5, 0.6) is 0 Å². The van der Waals surface area contributed by atoms with Crippen molar-refractivity contribution in [1.82, 2.24) is 5.32 Å². The summed E-state index contributed by atoms with van der Waals surface area (Å²) in [4.78, 5) is 11.9. The molecular weight excluding hydrogens is 334 g/mol. The first kappa shape index (κ1) is 16.9. The highest BCUT2D eigenvalue weighted by Gasteiger charge is 2.36. The molecule has 0 aromatic heterocycles. The van der Waals surface area contributed by atoms with E-state index >= 15 is 0 Å². The molecule has 3 nitrogen and oxygen atoms in total. The molecule has 1 aliphatic heterocycles. The van der Waals surface area contributed by atoms with Crippen LogP contribution in [0.2, 0.25) is 0 Å². The Balaban J connectivity index is 1.64. The molecule has 1 amide bonds. The number of nitrogens with one attached hydrogen (secondary N) is 1. The van der Waals surface area contributed by atoms with E-state index in [0.29, 0.717) is 0 Å². The number of rotatable bonds is 2. The lowest BCUT2D eigenvalue weighted by atomic mass is 9.94. The van der Waals surface area contributed by atoms with Crippen LogP contribution < -0.4 is 5.32 Å². The highest BCUT2D eigenvalue weighted by Crippen LogP contribution is 2.37. The van der Waals surface area contributed by atoms with Gasteiger partial charge >= 0.3 is 6.09 Å². The Morgan fingerprint density at radius 3 is 2.33 bits per heavy atom. The van der Waals surface area contributed by atoms with Gasteiger partial charge in [-0.3, -0.25) is 0 Å². The van der Waals surface area contributed by atoms with E-state index in [-0.39, 0.29) is 12.1 Å². The van der Waals surface area contributed by atoms with Crippen molar-refractivity contribution in [2.45, 2.75) is 19.1 Å². The van der Waals surface area contributed by atoms with Gasteiger partial charge in [0, 0.05) is 11.1 Å². The topological polar surface area (TPSA) is 38.3 Å². The standard InChI is InChI=1S/C24H19NO2/c1-17-7-5-12-21(15-17)23-22(25-24(26)27-23)20-11-6-10-19(16-20)14-13-18-8-3-2-4-9-18/h2-12,15-16,22-23H,1H3,(H,25,26)/t22-,23-/m0/s1. The Labute approximate surface area is 159 Å². The van der Waals surface area contributed by atoms with E-state index < -0.39 is 6.09 Å². The molecule has 0 spiro atoms. The van der Waals surface area contributed by atoms with Gasteiger partial charge in [0.05, 0.1) is 6.04 Å². The fourth-order valence-corrected chi connectivity index (χ4v) is 3.26. The predicted molar refractivity (Wildman–Crippen MR) is 105 cm³/mol. The summed E-state index contributed by atoms with van der Waals surface area (Å²) in [5.41, 5.74) is 4.97. The first-order valence-corrected chi connectivity index (χ1v) is 8.90. The largest absolute Gasteiger partial charge is 0.439 e. The molecule has 1 aliphatic rings. The number of amides is 1. The summed E-state index contributed by atoms with van der Waals surface area (Å²) in [5, 5.41) is 2.93. The van der Waals surface area contributed by atoms with Gasteiger partial charge in [-0.1, -0.05) is 72.0 Å². The lowest BCUT2D eigenvalue weighted by Gasteiger charge is -2.18. The second kappa shape index (κ2) is 7.39. The minimum atomic E-state index is -0.396. The summed E-state index contributed by atoms with van der Waals surface area (Å²) in [7, 11) is 0. The Morgan fingerprint density at radius 1 is 0.815 bits per heavy atom. The number of carbonyl (C=O) groups excluding carboxylic acids is 1. The quantitative estimate of drug-likeness (QED) is 0.664. The Hall–Kier alpha value is -3.51. The van der Waals surface area contributed by atoms with Crippen molar-refractivity contribution >= 4 is 6.09 Å². The van der Waals surface area contributed by atoms with Crippen LogP contribution in [0.4, 0.5) is 4.79 Å². The summed E-state index contributed by atoms with van der Waals surface area (Å²) >= 11 is 0. The first-order chi connectivity index (χ1) is 13.2. The van der Waals surface area contributed by atoms with Crippen LogP contribution in [-0.4, -0.2) is 6.09 Å².